The maximum absolute atomic E-state index is 6.18. The molecule has 0 amide bonds. The van der Waals surface area contributed by atoms with E-state index < -0.39 is 0 Å². The number of nitrogens with one attached hydrogen (secondary N) is 3. The van der Waals surface area contributed by atoms with Crippen LogP contribution in [0.2, 0.25) is 0 Å². The van der Waals surface area contributed by atoms with E-state index in [0.29, 0.717) is 24.3 Å². The fourth-order valence-corrected chi connectivity index (χ4v) is 7.53. The molecule has 5 rings (SSSR count). The summed E-state index contributed by atoms with van der Waals surface area (Å²) in [5.41, 5.74) is 3.40. The van der Waals surface area contributed by atoms with Gasteiger partial charge in [0.1, 0.15) is 12.2 Å². The van der Waals surface area contributed by atoms with Gasteiger partial charge in [-0.3, -0.25) is 15.1 Å². The molecule has 0 spiro atoms. The summed E-state index contributed by atoms with van der Waals surface area (Å²) in [7, 11) is 6.77. The monoisotopic (exact) mass is 422 g/mol. The number of nitrogens with zero attached hydrogens (tertiary/aromatic N) is 2. The highest BCUT2D eigenvalue weighted by Gasteiger charge is 2.47. The zero-order valence-corrected chi connectivity index (χ0v) is 19.5. The van der Waals surface area contributed by atoms with E-state index in [9.17, 15) is 0 Å². The summed E-state index contributed by atoms with van der Waals surface area (Å²) in [6.45, 7) is 5.18. The molecule has 4 saturated heterocycles. The van der Waals surface area contributed by atoms with Crippen molar-refractivity contribution < 1.29 is 15.1 Å². The Kier molecular flexibility index (Phi) is 6.68. The molecule has 5 N–H and O–H groups in total. The van der Waals surface area contributed by atoms with Crippen molar-refractivity contribution in [3.63, 3.8) is 0 Å². The largest absolute Gasteiger partial charge is 0.331 e. The molecule has 0 aromatic rings. The molecular formula is C23H46N6O+2. The number of piperidine rings is 1. The minimum Gasteiger partial charge on any atom is -0.331 e. The predicted octanol–water partition coefficient (Wildman–Crippen LogP) is -1.21. The Morgan fingerprint density at radius 3 is 2.77 bits per heavy atom. The van der Waals surface area contributed by atoms with Gasteiger partial charge in [0.05, 0.1) is 25.8 Å². The summed E-state index contributed by atoms with van der Waals surface area (Å²) >= 11 is 0. The standard InChI is InChI=1S/C23H44N6O/c1-27(2)21-11-10-16(13-24-21)22-25-23(30-26-22)20-9-6-12-29(20)15-17-14-28(3)19-8-5-4-7-18(17)19/h16-26H,4-15H2,1-3H3/p+2/t16?,17?,18?,19?,20-,21?,22?,23?/m0/s1. The number of nitrogens with two attached hydrogens (primary N) is 1. The van der Waals surface area contributed by atoms with Gasteiger partial charge in [-0.2, -0.15) is 5.48 Å². The second-order valence-electron chi connectivity index (χ2n) is 11.2. The Bertz CT molecular complexity index is 568. The van der Waals surface area contributed by atoms with Gasteiger partial charge in [-0.05, 0) is 46.3 Å². The first kappa shape index (κ1) is 21.6. The SMILES string of the molecule is CN(C)C1CCC(C2NOC([C@@H]3CCC[NH+]3CC3CN(C)C4CCCCC34)N2)C[NH2+]1. The van der Waals surface area contributed by atoms with Gasteiger partial charge in [0, 0.05) is 43.7 Å². The molecule has 4 heterocycles. The van der Waals surface area contributed by atoms with Gasteiger partial charge in [-0.25, -0.2) is 0 Å². The molecule has 7 heteroatoms. The van der Waals surface area contributed by atoms with Crippen molar-refractivity contribution in [1.82, 2.24) is 20.6 Å². The molecule has 1 aliphatic carbocycles. The molecule has 1 saturated carbocycles. The summed E-state index contributed by atoms with van der Waals surface area (Å²) in [5, 5.41) is 6.38. The van der Waals surface area contributed by atoms with Crippen LogP contribution >= 0.6 is 0 Å². The maximum Gasteiger partial charge on any atom is 0.183 e. The van der Waals surface area contributed by atoms with Crippen LogP contribution in [0.25, 0.3) is 0 Å². The second-order valence-corrected chi connectivity index (χ2v) is 11.2. The number of quaternary nitrogens is 2. The molecule has 0 aromatic carbocycles. The van der Waals surface area contributed by atoms with Crippen molar-refractivity contribution in [2.75, 3.05) is 47.3 Å². The normalized spacial score (nSPS) is 47.8. The lowest BCUT2D eigenvalue weighted by atomic mass is 9.79. The molecule has 9 atom stereocenters. The third-order valence-corrected chi connectivity index (χ3v) is 9.25. The van der Waals surface area contributed by atoms with Crippen LogP contribution in [0.5, 0.6) is 0 Å². The minimum atomic E-state index is 0.181. The van der Waals surface area contributed by atoms with E-state index >= 15 is 0 Å². The Hall–Kier alpha value is -0.280. The van der Waals surface area contributed by atoms with Gasteiger partial charge in [0.15, 0.2) is 6.23 Å². The van der Waals surface area contributed by atoms with Crippen LogP contribution in [-0.2, 0) is 4.84 Å². The van der Waals surface area contributed by atoms with Gasteiger partial charge in [-0.1, -0.05) is 12.8 Å². The van der Waals surface area contributed by atoms with Crippen LogP contribution in [0, 0.1) is 17.8 Å². The van der Waals surface area contributed by atoms with Crippen LogP contribution < -0.4 is 21.0 Å². The van der Waals surface area contributed by atoms with Gasteiger partial charge in [-0.15, -0.1) is 0 Å². The van der Waals surface area contributed by atoms with E-state index in [4.69, 9.17) is 4.84 Å². The zero-order chi connectivity index (χ0) is 20.7. The molecule has 0 aromatic heterocycles. The van der Waals surface area contributed by atoms with Crippen molar-refractivity contribution in [1.29, 1.82) is 0 Å². The van der Waals surface area contributed by atoms with Gasteiger partial charge in [0.2, 0.25) is 0 Å². The molecule has 5 fully saturated rings. The molecular weight excluding hydrogens is 376 g/mol. The number of hydrogen-bond donors (Lipinski definition) is 4. The van der Waals surface area contributed by atoms with Crippen LogP contribution in [0.15, 0.2) is 0 Å². The van der Waals surface area contributed by atoms with E-state index in [1.54, 1.807) is 0 Å². The molecule has 0 radical (unpaired) electrons. The lowest BCUT2D eigenvalue weighted by Crippen LogP contribution is -3.16. The topological polar surface area (TPSA) is 60.8 Å². The van der Waals surface area contributed by atoms with Gasteiger partial charge in [0.25, 0.3) is 0 Å². The first-order chi connectivity index (χ1) is 14.6. The number of fused-ring (bicyclic) bond motifs is 1. The third kappa shape index (κ3) is 4.32. The van der Waals surface area contributed by atoms with E-state index in [0.717, 1.165) is 17.9 Å². The highest BCUT2D eigenvalue weighted by molar-refractivity contribution is 4.94. The Balaban J connectivity index is 1.14. The fourth-order valence-electron chi connectivity index (χ4n) is 7.53. The maximum atomic E-state index is 6.18. The van der Waals surface area contributed by atoms with Crippen LogP contribution in [0.1, 0.15) is 51.4 Å². The number of hydrogen-bond acceptors (Lipinski definition) is 5. The summed E-state index contributed by atoms with van der Waals surface area (Å²) < 4.78 is 0. The van der Waals surface area contributed by atoms with Crippen LogP contribution in [-0.4, -0.2) is 87.8 Å². The van der Waals surface area contributed by atoms with E-state index in [2.05, 4.69) is 47.1 Å². The highest BCUT2D eigenvalue weighted by atomic mass is 16.7. The van der Waals surface area contributed by atoms with Crippen molar-refractivity contribution in [2.45, 2.75) is 82.0 Å². The second kappa shape index (κ2) is 9.30. The Morgan fingerprint density at radius 2 is 1.97 bits per heavy atom. The third-order valence-electron chi connectivity index (χ3n) is 9.25. The molecule has 0 bridgehead atoms. The van der Waals surface area contributed by atoms with Crippen LogP contribution in [0.4, 0.5) is 0 Å². The lowest BCUT2D eigenvalue weighted by molar-refractivity contribution is -0.919. The number of likely N-dealkylation sites (tertiary alicyclic amines) is 2. The number of hydroxylamine groups is 1. The minimum absolute atomic E-state index is 0.181. The smallest absolute Gasteiger partial charge is 0.183 e. The highest BCUT2D eigenvalue weighted by Crippen LogP contribution is 2.38. The summed E-state index contributed by atoms with van der Waals surface area (Å²) in [5.74, 6) is 2.49. The summed E-state index contributed by atoms with van der Waals surface area (Å²) in [6, 6.07) is 1.47. The molecule has 7 nitrogen and oxygen atoms in total. The van der Waals surface area contributed by atoms with Crippen molar-refractivity contribution >= 4 is 0 Å². The average molecular weight is 423 g/mol. The van der Waals surface area contributed by atoms with E-state index in [1.807, 2.05) is 4.90 Å². The molecule has 4 aliphatic heterocycles. The predicted molar refractivity (Wildman–Crippen MR) is 118 cm³/mol. The molecule has 8 unspecified atom stereocenters. The first-order valence-electron chi connectivity index (χ1n) is 12.8. The summed E-state index contributed by atoms with van der Waals surface area (Å²) in [4.78, 5) is 13.0. The molecule has 30 heavy (non-hydrogen) atoms. The van der Waals surface area contributed by atoms with Crippen molar-refractivity contribution in [2.24, 2.45) is 17.8 Å². The van der Waals surface area contributed by atoms with E-state index in [-0.39, 0.29) is 6.23 Å². The van der Waals surface area contributed by atoms with Crippen molar-refractivity contribution in [3.05, 3.63) is 0 Å². The quantitative estimate of drug-likeness (QED) is 0.448. The Labute approximate surface area is 183 Å². The van der Waals surface area contributed by atoms with E-state index in [1.165, 1.54) is 77.5 Å². The fraction of sp³-hybridized carbons (Fsp3) is 1.00. The lowest BCUT2D eigenvalue weighted by Gasteiger charge is -2.33. The number of rotatable bonds is 5. The zero-order valence-electron chi connectivity index (χ0n) is 19.5. The van der Waals surface area contributed by atoms with Crippen molar-refractivity contribution in [3.8, 4) is 0 Å². The van der Waals surface area contributed by atoms with Gasteiger partial charge < -0.3 is 15.1 Å². The molecule has 5 aliphatic rings. The first-order valence-corrected chi connectivity index (χ1v) is 12.8. The average Bonchev–Trinajstić information content (AvgIpc) is 3.48. The van der Waals surface area contributed by atoms with Gasteiger partial charge >= 0.3 is 0 Å². The molecule has 172 valence electrons. The summed E-state index contributed by atoms with van der Waals surface area (Å²) in [6.07, 6.45) is 12.1. The Morgan fingerprint density at radius 1 is 1.10 bits per heavy atom. The van der Waals surface area contributed by atoms with Crippen LogP contribution in [0.3, 0.4) is 0 Å².